The van der Waals surface area contributed by atoms with Gasteiger partial charge in [-0.3, -0.25) is 0 Å². The lowest BCUT2D eigenvalue weighted by atomic mass is 9.98. The normalized spacial score (nSPS) is 23.3. The summed E-state index contributed by atoms with van der Waals surface area (Å²) in [7, 11) is 0. The van der Waals surface area contributed by atoms with Crippen molar-refractivity contribution in [1.82, 2.24) is 10.3 Å². The first-order valence-electron chi connectivity index (χ1n) is 6.02. The maximum atomic E-state index is 5.82. The zero-order valence-corrected chi connectivity index (χ0v) is 9.25. The van der Waals surface area contributed by atoms with Gasteiger partial charge in [-0.1, -0.05) is 0 Å². The van der Waals surface area contributed by atoms with E-state index in [0.717, 1.165) is 24.7 Å². The summed E-state index contributed by atoms with van der Waals surface area (Å²) in [5, 5.41) is 3.37. The summed E-state index contributed by atoms with van der Waals surface area (Å²) in [5.41, 5.74) is 1.24. The van der Waals surface area contributed by atoms with E-state index < -0.39 is 0 Å². The van der Waals surface area contributed by atoms with Gasteiger partial charge in [-0.05, 0) is 45.7 Å². The maximum Gasteiger partial charge on any atom is 0.197 e. The predicted molar refractivity (Wildman–Crippen MR) is 58.1 cm³/mol. The number of piperidine rings is 1. The Kier molecular flexibility index (Phi) is 2.28. The molecule has 1 aliphatic heterocycles. The van der Waals surface area contributed by atoms with Crippen molar-refractivity contribution in [2.75, 3.05) is 13.1 Å². The van der Waals surface area contributed by atoms with E-state index in [-0.39, 0.29) is 0 Å². The SMILES string of the molecule is Cc1oc(C2CCNCC2)nc1C1CC1. The highest BCUT2D eigenvalue weighted by molar-refractivity contribution is 5.19. The Morgan fingerprint density at radius 3 is 2.53 bits per heavy atom. The Balaban J connectivity index is 1.81. The minimum atomic E-state index is 0.553. The molecule has 3 heteroatoms. The molecule has 1 aliphatic carbocycles. The van der Waals surface area contributed by atoms with Crippen molar-refractivity contribution in [3.8, 4) is 0 Å². The number of rotatable bonds is 2. The van der Waals surface area contributed by atoms with Crippen LogP contribution in [0.4, 0.5) is 0 Å². The molecule has 2 fully saturated rings. The number of hydrogen-bond acceptors (Lipinski definition) is 3. The third-order valence-corrected chi connectivity index (χ3v) is 3.50. The minimum Gasteiger partial charge on any atom is -0.445 e. The van der Waals surface area contributed by atoms with Gasteiger partial charge >= 0.3 is 0 Å². The lowest BCUT2D eigenvalue weighted by Gasteiger charge is -2.19. The van der Waals surface area contributed by atoms with Gasteiger partial charge in [0.15, 0.2) is 5.89 Å². The van der Waals surface area contributed by atoms with Crippen LogP contribution in [0.25, 0.3) is 0 Å². The van der Waals surface area contributed by atoms with Crippen molar-refractivity contribution in [2.24, 2.45) is 0 Å². The summed E-state index contributed by atoms with van der Waals surface area (Å²) >= 11 is 0. The van der Waals surface area contributed by atoms with Crippen molar-refractivity contribution >= 4 is 0 Å². The molecular weight excluding hydrogens is 188 g/mol. The average molecular weight is 206 g/mol. The van der Waals surface area contributed by atoms with E-state index in [1.165, 1.54) is 31.4 Å². The van der Waals surface area contributed by atoms with Gasteiger partial charge in [-0.15, -0.1) is 0 Å². The minimum absolute atomic E-state index is 0.553. The standard InChI is InChI=1S/C12H18N2O/c1-8-11(9-2-3-9)14-12(15-8)10-4-6-13-7-5-10/h9-10,13H,2-7H2,1H3. The molecular formula is C12H18N2O. The second kappa shape index (κ2) is 3.63. The van der Waals surface area contributed by atoms with Gasteiger partial charge in [0.05, 0.1) is 5.69 Å². The van der Waals surface area contributed by atoms with Crippen LogP contribution in [0.3, 0.4) is 0 Å². The fourth-order valence-electron chi connectivity index (χ4n) is 2.41. The number of hydrogen-bond donors (Lipinski definition) is 1. The molecule has 1 saturated carbocycles. The first-order valence-corrected chi connectivity index (χ1v) is 6.02. The van der Waals surface area contributed by atoms with E-state index in [1.54, 1.807) is 0 Å². The zero-order chi connectivity index (χ0) is 10.3. The monoisotopic (exact) mass is 206 g/mol. The average Bonchev–Trinajstić information content (AvgIpc) is 3.04. The number of aryl methyl sites for hydroxylation is 1. The maximum absolute atomic E-state index is 5.82. The van der Waals surface area contributed by atoms with Crippen LogP contribution in [-0.4, -0.2) is 18.1 Å². The molecule has 82 valence electrons. The van der Waals surface area contributed by atoms with Crippen molar-refractivity contribution in [3.05, 3.63) is 17.3 Å². The molecule has 0 aromatic carbocycles. The fraction of sp³-hybridized carbons (Fsp3) is 0.750. The fourth-order valence-corrected chi connectivity index (χ4v) is 2.41. The van der Waals surface area contributed by atoms with Gasteiger partial charge in [-0.25, -0.2) is 4.98 Å². The molecule has 2 aliphatic rings. The molecule has 1 aromatic rings. The number of nitrogens with zero attached hydrogens (tertiary/aromatic N) is 1. The molecule has 3 nitrogen and oxygen atoms in total. The molecule has 1 saturated heterocycles. The smallest absolute Gasteiger partial charge is 0.197 e. The Labute approximate surface area is 90.3 Å². The van der Waals surface area contributed by atoms with Crippen LogP contribution >= 0.6 is 0 Å². The Morgan fingerprint density at radius 1 is 1.13 bits per heavy atom. The summed E-state index contributed by atoms with van der Waals surface area (Å²) in [6, 6.07) is 0. The highest BCUT2D eigenvalue weighted by atomic mass is 16.4. The summed E-state index contributed by atoms with van der Waals surface area (Å²) in [6.45, 7) is 4.26. The van der Waals surface area contributed by atoms with Gasteiger partial charge in [-0.2, -0.15) is 0 Å². The second-order valence-electron chi connectivity index (χ2n) is 4.79. The Bertz CT molecular complexity index is 349. The van der Waals surface area contributed by atoms with Crippen molar-refractivity contribution in [2.45, 2.75) is 44.4 Å². The second-order valence-corrected chi connectivity index (χ2v) is 4.79. The third kappa shape index (κ3) is 1.81. The third-order valence-electron chi connectivity index (χ3n) is 3.50. The summed E-state index contributed by atoms with van der Waals surface area (Å²) < 4.78 is 5.82. The predicted octanol–water partition coefficient (Wildman–Crippen LogP) is 2.33. The van der Waals surface area contributed by atoms with Crippen LogP contribution in [0.1, 0.15) is 54.9 Å². The molecule has 0 spiro atoms. The van der Waals surface area contributed by atoms with Crippen molar-refractivity contribution in [3.63, 3.8) is 0 Å². The van der Waals surface area contributed by atoms with E-state index >= 15 is 0 Å². The molecule has 3 rings (SSSR count). The van der Waals surface area contributed by atoms with Crippen LogP contribution in [0.15, 0.2) is 4.42 Å². The van der Waals surface area contributed by atoms with Crippen LogP contribution in [-0.2, 0) is 0 Å². The van der Waals surface area contributed by atoms with E-state index in [1.807, 2.05) is 0 Å². The van der Waals surface area contributed by atoms with Gasteiger partial charge in [0.2, 0.25) is 0 Å². The summed E-state index contributed by atoms with van der Waals surface area (Å²) in [5.74, 6) is 3.32. The van der Waals surface area contributed by atoms with Gasteiger partial charge < -0.3 is 9.73 Å². The summed E-state index contributed by atoms with van der Waals surface area (Å²) in [6.07, 6.45) is 4.95. The number of aromatic nitrogens is 1. The Morgan fingerprint density at radius 2 is 1.87 bits per heavy atom. The lowest BCUT2D eigenvalue weighted by Crippen LogP contribution is -2.26. The molecule has 0 bridgehead atoms. The van der Waals surface area contributed by atoms with Gasteiger partial charge in [0, 0.05) is 11.8 Å². The molecule has 0 amide bonds. The molecule has 0 unspecified atom stereocenters. The van der Waals surface area contributed by atoms with Crippen LogP contribution in [0.5, 0.6) is 0 Å². The van der Waals surface area contributed by atoms with Crippen molar-refractivity contribution < 1.29 is 4.42 Å². The van der Waals surface area contributed by atoms with E-state index in [0.29, 0.717) is 11.8 Å². The Hall–Kier alpha value is -0.830. The molecule has 1 N–H and O–H groups in total. The molecule has 0 atom stereocenters. The van der Waals surface area contributed by atoms with E-state index in [9.17, 15) is 0 Å². The first-order chi connectivity index (χ1) is 7.34. The molecule has 2 heterocycles. The topological polar surface area (TPSA) is 38.1 Å². The van der Waals surface area contributed by atoms with Gasteiger partial charge in [0.1, 0.15) is 5.76 Å². The zero-order valence-electron chi connectivity index (χ0n) is 9.25. The van der Waals surface area contributed by atoms with Crippen LogP contribution in [0, 0.1) is 6.92 Å². The highest BCUT2D eigenvalue weighted by Gasteiger charge is 2.31. The number of nitrogens with one attached hydrogen (secondary N) is 1. The highest BCUT2D eigenvalue weighted by Crippen LogP contribution is 2.42. The molecule has 1 aromatic heterocycles. The van der Waals surface area contributed by atoms with E-state index in [2.05, 4.69) is 12.2 Å². The lowest BCUT2D eigenvalue weighted by molar-refractivity contribution is 0.366. The number of oxazole rings is 1. The quantitative estimate of drug-likeness (QED) is 0.807. The first kappa shape index (κ1) is 9.40. The molecule has 0 radical (unpaired) electrons. The summed E-state index contributed by atoms with van der Waals surface area (Å²) in [4.78, 5) is 4.70. The molecule has 15 heavy (non-hydrogen) atoms. The van der Waals surface area contributed by atoms with Crippen LogP contribution < -0.4 is 5.32 Å². The van der Waals surface area contributed by atoms with Crippen molar-refractivity contribution in [1.29, 1.82) is 0 Å². The van der Waals surface area contributed by atoms with Gasteiger partial charge in [0.25, 0.3) is 0 Å². The largest absolute Gasteiger partial charge is 0.445 e. The van der Waals surface area contributed by atoms with E-state index in [4.69, 9.17) is 9.40 Å². The van der Waals surface area contributed by atoms with Crippen LogP contribution in [0.2, 0.25) is 0 Å².